The number of nitrogens with one attached hydrogen (secondary N) is 1. The predicted octanol–water partition coefficient (Wildman–Crippen LogP) is 1.18. The van der Waals surface area contributed by atoms with Gasteiger partial charge in [0.15, 0.2) is 0 Å². The molecule has 0 radical (unpaired) electrons. The van der Waals surface area contributed by atoms with E-state index in [1.54, 1.807) is 0 Å². The third-order valence-electron chi connectivity index (χ3n) is 3.33. The Bertz CT molecular complexity index is 215. The van der Waals surface area contributed by atoms with Crippen molar-refractivity contribution in [2.24, 2.45) is 0 Å². The van der Waals surface area contributed by atoms with Gasteiger partial charge in [-0.1, -0.05) is 20.4 Å². The lowest BCUT2D eigenvalue weighted by atomic mass is 10.1. The molecule has 1 fully saturated rings. The Labute approximate surface area is 100 Å². The van der Waals surface area contributed by atoms with Gasteiger partial charge in [-0.3, -0.25) is 9.80 Å². The van der Waals surface area contributed by atoms with Gasteiger partial charge >= 0.3 is 0 Å². The van der Waals surface area contributed by atoms with E-state index in [1.165, 1.54) is 31.8 Å². The molecule has 0 aromatic rings. The molecule has 0 aromatic heterocycles. The number of piperazine rings is 1. The van der Waals surface area contributed by atoms with Gasteiger partial charge in [-0.15, -0.1) is 0 Å². The summed E-state index contributed by atoms with van der Waals surface area (Å²) in [4.78, 5) is 5.07. The molecule has 0 amide bonds. The van der Waals surface area contributed by atoms with E-state index in [0.29, 0.717) is 6.04 Å². The summed E-state index contributed by atoms with van der Waals surface area (Å²) in [6.45, 7) is 18.6. The summed E-state index contributed by atoms with van der Waals surface area (Å²) < 4.78 is 0. The Morgan fingerprint density at radius 3 is 2.69 bits per heavy atom. The largest absolute Gasteiger partial charge is 0.313 e. The van der Waals surface area contributed by atoms with E-state index in [1.807, 2.05) is 0 Å². The molecule has 1 aliphatic rings. The highest BCUT2D eigenvalue weighted by molar-refractivity contribution is 5.00. The van der Waals surface area contributed by atoms with Gasteiger partial charge in [0.25, 0.3) is 0 Å². The summed E-state index contributed by atoms with van der Waals surface area (Å²) in [5.41, 5.74) is 1.30. The molecule has 3 nitrogen and oxygen atoms in total. The van der Waals surface area contributed by atoms with Crippen molar-refractivity contribution < 1.29 is 0 Å². The molecule has 1 atom stereocenters. The van der Waals surface area contributed by atoms with Crippen molar-refractivity contribution in [1.29, 1.82) is 0 Å². The zero-order valence-electron chi connectivity index (χ0n) is 11.1. The Hall–Kier alpha value is -0.380. The summed E-state index contributed by atoms with van der Waals surface area (Å²) in [7, 11) is 0. The van der Waals surface area contributed by atoms with Crippen molar-refractivity contribution in [3.8, 4) is 0 Å². The van der Waals surface area contributed by atoms with E-state index in [2.05, 4.69) is 42.5 Å². The molecule has 3 heteroatoms. The summed E-state index contributed by atoms with van der Waals surface area (Å²) >= 11 is 0. The van der Waals surface area contributed by atoms with Crippen molar-refractivity contribution in [2.45, 2.75) is 26.8 Å². The van der Waals surface area contributed by atoms with E-state index in [4.69, 9.17) is 0 Å². The van der Waals surface area contributed by atoms with Crippen LogP contribution in [0.2, 0.25) is 0 Å². The lowest BCUT2D eigenvalue weighted by Gasteiger charge is -2.39. The lowest BCUT2D eigenvalue weighted by molar-refractivity contribution is 0.0941. The highest BCUT2D eigenvalue weighted by atomic mass is 15.3. The summed E-state index contributed by atoms with van der Waals surface area (Å²) in [5, 5.41) is 3.33. The molecule has 0 bridgehead atoms. The minimum absolute atomic E-state index is 0.686. The Balaban J connectivity index is 2.26. The van der Waals surface area contributed by atoms with Gasteiger partial charge in [0.2, 0.25) is 0 Å². The van der Waals surface area contributed by atoms with E-state index < -0.39 is 0 Å². The monoisotopic (exact) mass is 225 g/mol. The number of likely N-dealkylation sites (N-methyl/N-ethyl adjacent to an activating group) is 2. The minimum atomic E-state index is 0.686. The molecule has 1 rings (SSSR count). The van der Waals surface area contributed by atoms with Crippen LogP contribution in [-0.4, -0.2) is 61.7 Å². The van der Waals surface area contributed by atoms with Crippen molar-refractivity contribution in [3.63, 3.8) is 0 Å². The van der Waals surface area contributed by atoms with E-state index >= 15 is 0 Å². The van der Waals surface area contributed by atoms with Crippen LogP contribution in [0.1, 0.15) is 20.8 Å². The minimum Gasteiger partial charge on any atom is -0.313 e. The highest BCUT2D eigenvalue weighted by Gasteiger charge is 2.22. The van der Waals surface area contributed by atoms with E-state index in [0.717, 1.165) is 19.6 Å². The van der Waals surface area contributed by atoms with Crippen LogP contribution < -0.4 is 5.32 Å². The third-order valence-corrected chi connectivity index (χ3v) is 3.33. The molecular weight excluding hydrogens is 198 g/mol. The predicted molar refractivity (Wildman–Crippen MR) is 70.8 cm³/mol. The third kappa shape index (κ3) is 4.24. The van der Waals surface area contributed by atoms with Crippen LogP contribution in [0, 0.1) is 0 Å². The molecule has 1 unspecified atom stereocenters. The second-order valence-electron chi connectivity index (χ2n) is 4.74. The fourth-order valence-electron chi connectivity index (χ4n) is 2.36. The maximum Gasteiger partial charge on any atom is 0.0204 e. The number of rotatable bonds is 6. The Morgan fingerprint density at radius 1 is 1.38 bits per heavy atom. The van der Waals surface area contributed by atoms with Crippen molar-refractivity contribution >= 4 is 0 Å². The van der Waals surface area contributed by atoms with Gasteiger partial charge in [0.1, 0.15) is 0 Å². The average molecular weight is 225 g/mol. The zero-order chi connectivity index (χ0) is 12.0. The smallest absolute Gasteiger partial charge is 0.0204 e. The fraction of sp³-hybridized carbons (Fsp3) is 0.846. The SMILES string of the molecule is C=C(CNCC)CN1CCN(CC)C(C)C1. The normalized spacial score (nSPS) is 23.6. The second-order valence-corrected chi connectivity index (χ2v) is 4.74. The summed E-state index contributed by atoms with van der Waals surface area (Å²) in [5.74, 6) is 0. The second kappa shape index (κ2) is 7.05. The molecule has 0 spiro atoms. The van der Waals surface area contributed by atoms with Crippen LogP contribution in [0.15, 0.2) is 12.2 Å². The molecule has 1 aliphatic heterocycles. The average Bonchev–Trinajstić information content (AvgIpc) is 2.26. The first-order valence-electron chi connectivity index (χ1n) is 6.51. The summed E-state index contributed by atoms with van der Waals surface area (Å²) in [6, 6.07) is 0.686. The number of hydrogen-bond donors (Lipinski definition) is 1. The van der Waals surface area contributed by atoms with Gasteiger partial charge in [0, 0.05) is 38.8 Å². The molecule has 1 heterocycles. The fourth-order valence-corrected chi connectivity index (χ4v) is 2.36. The first kappa shape index (κ1) is 13.7. The molecule has 1 N–H and O–H groups in total. The van der Waals surface area contributed by atoms with Crippen molar-refractivity contribution in [3.05, 3.63) is 12.2 Å². The summed E-state index contributed by atoms with van der Waals surface area (Å²) in [6.07, 6.45) is 0. The standard InChI is InChI=1S/C13H27N3/c1-5-14-9-12(3)10-15-7-8-16(6-2)13(4)11-15/h13-14H,3,5-11H2,1-2,4H3. The van der Waals surface area contributed by atoms with Crippen molar-refractivity contribution in [1.82, 2.24) is 15.1 Å². The van der Waals surface area contributed by atoms with Crippen LogP contribution in [0.25, 0.3) is 0 Å². The van der Waals surface area contributed by atoms with Crippen LogP contribution >= 0.6 is 0 Å². The highest BCUT2D eigenvalue weighted by Crippen LogP contribution is 2.09. The van der Waals surface area contributed by atoms with E-state index in [9.17, 15) is 0 Å². The van der Waals surface area contributed by atoms with Gasteiger partial charge in [0.05, 0.1) is 0 Å². The molecule has 0 aromatic carbocycles. The molecule has 1 saturated heterocycles. The molecular formula is C13H27N3. The molecule has 94 valence electrons. The van der Waals surface area contributed by atoms with Crippen LogP contribution in [0.3, 0.4) is 0 Å². The Morgan fingerprint density at radius 2 is 2.12 bits per heavy atom. The Kier molecular flexibility index (Phi) is 6.03. The first-order valence-corrected chi connectivity index (χ1v) is 6.51. The maximum atomic E-state index is 4.13. The van der Waals surface area contributed by atoms with Gasteiger partial charge in [-0.25, -0.2) is 0 Å². The van der Waals surface area contributed by atoms with Gasteiger partial charge in [-0.05, 0) is 25.6 Å². The number of nitrogens with zero attached hydrogens (tertiary/aromatic N) is 2. The quantitative estimate of drug-likeness (QED) is 0.685. The number of hydrogen-bond acceptors (Lipinski definition) is 3. The van der Waals surface area contributed by atoms with Crippen LogP contribution in [0.4, 0.5) is 0 Å². The van der Waals surface area contributed by atoms with Gasteiger partial charge < -0.3 is 5.32 Å². The lowest BCUT2D eigenvalue weighted by Crippen LogP contribution is -2.52. The van der Waals surface area contributed by atoms with Gasteiger partial charge in [-0.2, -0.15) is 0 Å². The molecule has 0 aliphatic carbocycles. The molecule has 0 saturated carbocycles. The zero-order valence-corrected chi connectivity index (χ0v) is 11.1. The van der Waals surface area contributed by atoms with Crippen LogP contribution in [-0.2, 0) is 0 Å². The first-order chi connectivity index (χ1) is 7.67. The van der Waals surface area contributed by atoms with E-state index in [-0.39, 0.29) is 0 Å². The topological polar surface area (TPSA) is 18.5 Å². The van der Waals surface area contributed by atoms with Crippen molar-refractivity contribution in [2.75, 3.05) is 45.8 Å². The molecule has 16 heavy (non-hydrogen) atoms. The van der Waals surface area contributed by atoms with Crippen LogP contribution in [0.5, 0.6) is 0 Å². The maximum absolute atomic E-state index is 4.13.